The molecule has 0 amide bonds. The first kappa shape index (κ1) is 17.4. The minimum atomic E-state index is -1.25. The molecule has 25 heavy (non-hydrogen) atoms. The summed E-state index contributed by atoms with van der Waals surface area (Å²) in [7, 11) is 0. The molecule has 0 aromatic carbocycles. The minimum absolute atomic E-state index is 0.0522. The lowest BCUT2D eigenvalue weighted by atomic mass is 10.1. The van der Waals surface area contributed by atoms with E-state index < -0.39 is 31.1 Å². The summed E-state index contributed by atoms with van der Waals surface area (Å²) in [5.41, 5.74) is 6.50. The Bertz CT molecular complexity index is 814. The molecule has 1 unspecified atom stereocenters. The molecular weight excluding hydrogens is 330 g/mol. The van der Waals surface area contributed by atoms with Gasteiger partial charge in [-0.1, -0.05) is 0 Å². The molecule has 0 radical (unpaired) electrons. The van der Waals surface area contributed by atoms with Crippen molar-refractivity contribution in [3.63, 3.8) is 0 Å². The molecule has 5 N–H and O–H groups in total. The van der Waals surface area contributed by atoms with E-state index in [9.17, 15) is 15.3 Å². The summed E-state index contributed by atoms with van der Waals surface area (Å²) in [6.45, 7) is 1.61. The van der Waals surface area contributed by atoms with Crippen LogP contribution in [0.1, 0.15) is 19.6 Å². The summed E-state index contributed by atoms with van der Waals surface area (Å²) < 4.78 is 12.4. The molecule has 0 aliphatic carbocycles. The maximum absolute atomic E-state index is 10.2. The molecule has 10 heteroatoms. The first-order valence-electron chi connectivity index (χ1n) is 7.71. The van der Waals surface area contributed by atoms with Gasteiger partial charge in [-0.15, -0.1) is 11.8 Å². The van der Waals surface area contributed by atoms with E-state index in [4.69, 9.17) is 15.2 Å². The molecule has 1 aliphatic rings. The van der Waals surface area contributed by atoms with Gasteiger partial charge in [-0.2, -0.15) is 9.97 Å². The maximum Gasteiger partial charge on any atom is 0.320 e. The predicted octanol–water partition coefficient (Wildman–Crippen LogP) is -1.19. The lowest BCUT2D eigenvalue weighted by Crippen LogP contribution is -2.33. The molecule has 10 nitrogen and oxygen atoms in total. The van der Waals surface area contributed by atoms with Crippen molar-refractivity contribution >= 4 is 17.0 Å². The third-order valence-corrected chi connectivity index (χ3v) is 3.85. The van der Waals surface area contributed by atoms with Gasteiger partial charge in [-0.3, -0.25) is 4.57 Å². The smallest absolute Gasteiger partial charge is 0.320 e. The van der Waals surface area contributed by atoms with Crippen LogP contribution in [0.25, 0.3) is 11.2 Å². The van der Waals surface area contributed by atoms with E-state index in [0.717, 1.165) is 0 Å². The number of ether oxygens (including phenoxy) is 2. The van der Waals surface area contributed by atoms with E-state index in [-0.39, 0.29) is 11.8 Å². The van der Waals surface area contributed by atoms with Crippen molar-refractivity contribution in [2.24, 2.45) is 0 Å². The quantitative estimate of drug-likeness (QED) is 0.386. The van der Waals surface area contributed by atoms with E-state index in [1.54, 1.807) is 6.92 Å². The van der Waals surface area contributed by atoms with Crippen molar-refractivity contribution in [2.45, 2.75) is 37.9 Å². The van der Waals surface area contributed by atoms with Crippen molar-refractivity contribution in [3.8, 4) is 17.9 Å². The van der Waals surface area contributed by atoms with Gasteiger partial charge >= 0.3 is 6.01 Å². The molecule has 2 aromatic heterocycles. The normalized spacial score (nSPS) is 25.8. The number of aliphatic hydroxyl groups is 3. The number of nitrogen functional groups attached to an aromatic ring is 1. The van der Waals surface area contributed by atoms with Gasteiger partial charge < -0.3 is 30.5 Å². The fraction of sp³-hybridized carbons (Fsp3) is 0.533. The molecular formula is C15H19N5O5. The monoisotopic (exact) mass is 349 g/mol. The van der Waals surface area contributed by atoms with E-state index >= 15 is 0 Å². The van der Waals surface area contributed by atoms with Crippen molar-refractivity contribution in [3.05, 3.63) is 6.33 Å². The number of nitrogens with two attached hydrogens (primary N) is 1. The summed E-state index contributed by atoms with van der Waals surface area (Å²) in [6.07, 6.45) is -2.45. The van der Waals surface area contributed by atoms with Crippen LogP contribution in [0.5, 0.6) is 6.01 Å². The highest BCUT2D eigenvalue weighted by atomic mass is 16.6. The highest BCUT2D eigenvalue weighted by Crippen LogP contribution is 2.32. The lowest BCUT2D eigenvalue weighted by Gasteiger charge is -2.16. The van der Waals surface area contributed by atoms with Crippen molar-refractivity contribution in [1.29, 1.82) is 0 Å². The van der Waals surface area contributed by atoms with Crippen LogP contribution in [0, 0.1) is 11.8 Å². The van der Waals surface area contributed by atoms with Crippen LogP contribution in [0.15, 0.2) is 6.33 Å². The van der Waals surface area contributed by atoms with Crippen LogP contribution < -0.4 is 10.5 Å². The Morgan fingerprint density at radius 2 is 2.16 bits per heavy atom. The fourth-order valence-electron chi connectivity index (χ4n) is 2.60. The fourth-order valence-corrected chi connectivity index (χ4v) is 2.60. The predicted molar refractivity (Wildman–Crippen MR) is 86.3 cm³/mol. The molecule has 0 spiro atoms. The molecule has 2 aromatic rings. The van der Waals surface area contributed by atoms with Crippen LogP contribution in [-0.4, -0.2) is 66.4 Å². The maximum atomic E-state index is 10.2. The topological polar surface area (TPSA) is 149 Å². The first-order chi connectivity index (χ1) is 12.1. The molecule has 134 valence electrons. The molecule has 4 atom stereocenters. The Balaban J connectivity index is 1.91. The van der Waals surface area contributed by atoms with Gasteiger partial charge in [0.2, 0.25) is 0 Å². The zero-order chi connectivity index (χ0) is 18.0. The molecule has 3 rings (SSSR count). The third-order valence-electron chi connectivity index (χ3n) is 3.85. The van der Waals surface area contributed by atoms with Crippen LogP contribution >= 0.6 is 0 Å². The Hall–Kier alpha value is -2.45. The second kappa shape index (κ2) is 7.20. The Kier molecular flexibility index (Phi) is 5.00. The van der Waals surface area contributed by atoms with Crippen LogP contribution in [0.4, 0.5) is 5.82 Å². The molecule has 1 aliphatic heterocycles. The van der Waals surface area contributed by atoms with Gasteiger partial charge in [-0.25, -0.2) is 4.98 Å². The zero-order valence-electron chi connectivity index (χ0n) is 13.5. The van der Waals surface area contributed by atoms with E-state index in [0.29, 0.717) is 24.2 Å². The van der Waals surface area contributed by atoms with Gasteiger partial charge in [-0.05, 0) is 6.92 Å². The number of hydrogen-bond acceptors (Lipinski definition) is 9. The number of imidazole rings is 1. The molecule has 1 saturated heterocycles. The molecule has 0 saturated carbocycles. The molecule has 0 bridgehead atoms. The number of fused-ring (bicyclic) bond motifs is 1. The lowest BCUT2D eigenvalue weighted by molar-refractivity contribution is -0.0511. The number of rotatable bonds is 5. The summed E-state index contributed by atoms with van der Waals surface area (Å²) >= 11 is 0. The molecule has 1 fully saturated rings. The zero-order valence-corrected chi connectivity index (χ0v) is 13.5. The number of nitrogens with zero attached hydrogens (tertiary/aromatic N) is 4. The Morgan fingerprint density at radius 1 is 1.36 bits per heavy atom. The Labute approximate surface area is 143 Å². The standard InChI is InChI=1S/C15H19N5O5/c1-2-3-4-5-24-15-18-12(16)9-13(19-15)20(7-17-9)14-11(23)10(22)8(6-21)25-14/h7-8,10-11,14,21-23H,4-6H2,1H3,(H2,16,18,19)/t8-,10-,11-,14?/m0/s1. The number of aromatic nitrogens is 4. The van der Waals surface area contributed by atoms with Gasteiger partial charge in [0, 0.05) is 6.42 Å². The van der Waals surface area contributed by atoms with Crippen LogP contribution in [0.2, 0.25) is 0 Å². The largest absolute Gasteiger partial charge is 0.462 e. The average Bonchev–Trinajstić information content (AvgIpc) is 3.14. The van der Waals surface area contributed by atoms with Crippen LogP contribution in [-0.2, 0) is 4.74 Å². The highest BCUT2D eigenvalue weighted by Gasteiger charge is 2.44. The van der Waals surface area contributed by atoms with E-state index in [2.05, 4.69) is 26.8 Å². The SMILES string of the molecule is CC#CCCOc1nc(N)c2ncn(C3O[C@@H](CO)[C@H](O)[C@@H]3O)c2n1. The van der Waals surface area contributed by atoms with Gasteiger partial charge in [0.15, 0.2) is 23.2 Å². The first-order valence-corrected chi connectivity index (χ1v) is 7.71. The average molecular weight is 349 g/mol. The second-order valence-electron chi connectivity index (χ2n) is 5.47. The van der Waals surface area contributed by atoms with Crippen molar-refractivity contribution in [1.82, 2.24) is 19.5 Å². The van der Waals surface area contributed by atoms with E-state index in [1.165, 1.54) is 10.9 Å². The van der Waals surface area contributed by atoms with Gasteiger partial charge in [0.1, 0.15) is 24.9 Å². The van der Waals surface area contributed by atoms with Crippen molar-refractivity contribution < 1.29 is 24.8 Å². The number of anilines is 1. The Morgan fingerprint density at radius 3 is 2.84 bits per heavy atom. The number of hydrogen-bond donors (Lipinski definition) is 4. The van der Waals surface area contributed by atoms with E-state index in [1.807, 2.05) is 0 Å². The van der Waals surface area contributed by atoms with Crippen LogP contribution in [0.3, 0.4) is 0 Å². The summed E-state index contributed by atoms with van der Waals surface area (Å²) in [5, 5.41) is 29.3. The minimum Gasteiger partial charge on any atom is -0.462 e. The molecule has 3 heterocycles. The number of aliphatic hydroxyl groups excluding tert-OH is 3. The second-order valence-corrected chi connectivity index (χ2v) is 5.47. The summed E-state index contributed by atoms with van der Waals surface area (Å²) in [6, 6.07) is 0.0522. The summed E-state index contributed by atoms with van der Waals surface area (Å²) in [4.78, 5) is 12.4. The highest BCUT2D eigenvalue weighted by molar-refractivity contribution is 5.82. The van der Waals surface area contributed by atoms with Crippen molar-refractivity contribution in [2.75, 3.05) is 18.9 Å². The third kappa shape index (κ3) is 3.22. The van der Waals surface area contributed by atoms with Gasteiger partial charge in [0.25, 0.3) is 0 Å². The summed E-state index contributed by atoms with van der Waals surface area (Å²) in [5.74, 6) is 5.73. The van der Waals surface area contributed by atoms with Gasteiger partial charge in [0.05, 0.1) is 12.9 Å².